The van der Waals surface area contributed by atoms with Crippen LogP contribution in [-0.2, 0) is 9.53 Å². The molecule has 2 N–H and O–H groups in total. The first kappa shape index (κ1) is 16.7. The summed E-state index contributed by atoms with van der Waals surface area (Å²) in [5, 5.41) is 16.7. The molecule has 4 heteroatoms. The fraction of sp³-hybridized carbons (Fsp3) is 0.750. The fourth-order valence-corrected chi connectivity index (χ4v) is 2.47. The van der Waals surface area contributed by atoms with Crippen molar-refractivity contribution in [2.24, 2.45) is 5.92 Å². The van der Waals surface area contributed by atoms with E-state index in [-0.39, 0.29) is 17.9 Å². The zero-order chi connectivity index (χ0) is 15.0. The summed E-state index contributed by atoms with van der Waals surface area (Å²) in [4.78, 5) is 10.4. The molecule has 0 amide bonds. The normalized spacial score (nSPS) is 18.8. The second kappa shape index (κ2) is 8.08. The highest BCUT2D eigenvalue weighted by Crippen LogP contribution is 2.25. The van der Waals surface area contributed by atoms with Gasteiger partial charge in [0.1, 0.15) is 5.60 Å². The van der Waals surface area contributed by atoms with Crippen molar-refractivity contribution in [3.63, 3.8) is 0 Å². The lowest BCUT2D eigenvalue weighted by Gasteiger charge is -2.30. The summed E-state index contributed by atoms with van der Waals surface area (Å²) in [6.07, 6.45) is 10.9. The number of hydrogen-bond acceptors (Lipinski definition) is 3. The minimum Gasteiger partial charge on any atom is -0.481 e. The molecule has 0 aliphatic heterocycles. The third kappa shape index (κ3) is 6.73. The van der Waals surface area contributed by atoms with E-state index in [4.69, 9.17) is 15.3 Å². The number of allylic oxidation sites excluding steroid dienone is 2. The largest absolute Gasteiger partial charge is 0.481 e. The van der Waals surface area contributed by atoms with Crippen LogP contribution < -0.4 is 0 Å². The topological polar surface area (TPSA) is 70.4 Å². The zero-order valence-electron chi connectivity index (χ0n) is 12.7. The first-order chi connectivity index (χ1) is 9.41. The quantitative estimate of drug-likeness (QED) is 0.304. The maximum atomic E-state index is 10.4. The van der Waals surface area contributed by atoms with Crippen LogP contribution in [0.25, 0.3) is 0 Å². The molecule has 0 spiro atoms. The molecule has 0 fully saturated rings. The minimum absolute atomic E-state index is 0.228. The van der Waals surface area contributed by atoms with Gasteiger partial charge in [-0.25, -0.2) is 0 Å². The Morgan fingerprint density at radius 1 is 1.35 bits per heavy atom. The van der Waals surface area contributed by atoms with Crippen molar-refractivity contribution in [3.8, 4) is 0 Å². The van der Waals surface area contributed by atoms with Gasteiger partial charge in [0.2, 0.25) is 0 Å². The van der Waals surface area contributed by atoms with Crippen LogP contribution in [0, 0.1) is 11.3 Å². The van der Waals surface area contributed by atoms with E-state index in [2.05, 4.69) is 12.2 Å². The maximum Gasteiger partial charge on any atom is 0.303 e. The molecule has 4 nitrogen and oxygen atoms in total. The maximum absolute atomic E-state index is 10.4. The lowest BCUT2D eigenvalue weighted by Crippen LogP contribution is -2.31. The molecule has 0 aromatic rings. The van der Waals surface area contributed by atoms with Crippen molar-refractivity contribution in [2.45, 2.75) is 70.8 Å². The van der Waals surface area contributed by atoms with Crippen molar-refractivity contribution in [2.75, 3.05) is 0 Å². The van der Waals surface area contributed by atoms with E-state index in [0.29, 0.717) is 5.90 Å². The van der Waals surface area contributed by atoms with Gasteiger partial charge in [0.25, 0.3) is 0 Å². The molecule has 0 heterocycles. The Morgan fingerprint density at radius 2 is 2.10 bits per heavy atom. The molecule has 0 bridgehead atoms. The Morgan fingerprint density at radius 3 is 2.70 bits per heavy atom. The highest BCUT2D eigenvalue weighted by Gasteiger charge is 2.25. The van der Waals surface area contributed by atoms with Crippen LogP contribution in [0.15, 0.2) is 12.2 Å². The van der Waals surface area contributed by atoms with Gasteiger partial charge in [-0.3, -0.25) is 10.2 Å². The summed E-state index contributed by atoms with van der Waals surface area (Å²) < 4.78 is 5.84. The van der Waals surface area contributed by atoms with Gasteiger partial charge in [0, 0.05) is 12.3 Å². The van der Waals surface area contributed by atoms with Crippen molar-refractivity contribution in [3.05, 3.63) is 12.2 Å². The number of ether oxygens (including phenoxy) is 1. The summed E-state index contributed by atoms with van der Waals surface area (Å²) >= 11 is 0. The first-order valence-electron chi connectivity index (χ1n) is 7.55. The zero-order valence-corrected chi connectivity index (χ0v) is 12.7. The summed E-state index contributed by atoms with van der Waals surface area (Å²) in [5.41, 5.74) is -0.332. The van der Waals surface area contributed by atoms with Crippen LogP contribution in [0.3, 0.4) is 0 Å². The summed E-state index contributed by atoms with van der Waals surface area (Å²) in [7, 11) is 0. The standard InChI is InChI=1S/C16H27NO3/c1-16(2,12-8-4-7-11-14(18)19)20-15(17)13-9-5-3-6-10-13/h3,5,13,17H,4,6-12H2,1-2H3,(H,18,19). The summed E-state index contributed by atoms with van der Waals surface area (Å²) in [5.74, 6) is -0.0937. The SMILES string of the molecule is CC(C)(CCCCCC(=O)O)OC(=N)C1CC=CCC1. The predicted molar refractivity (Wildman–Crippen MR) is 80.1 cm³/mol. The average Bonchev–Trinajstić information content (AvgIpc) is 2.38. The lowest BCUT2D eigenvalue weighted by atomic mass is 9.93. The van der Waals surface area contributed by atoms with Gasteiger partial charge in [-0.15, -0.1) is 0 Å². The van der Waals surface area contributed by atoms with Gasteiger partial charge in [0.15, 0.2) is 5.90 Å². The van der Waals surface area contributed by atoms with Crippen LogP contribution in [-0.4, -0.2) is 22.6 Å². The van der Waals surface area contributed by atoms with E-state index < -0.39 is 5.97 Å². The van der Waals surface area contributed by atoms with E-state index in [1.165, 1.54) is 0 Å². The average molecular weight is 281 g/mol. The molecule has 20 heavy (non-hydrogen) atoms. The van der Waals surface area contributed by atoms with Crippen molar-refractivity contribution >= 4 is 11.9 Å². The molecule has 114 valence electrons. The summed E-state index contributed by atoms with van der Waals surface area (Å²) in [6, 6.07) is 0. The number of aliphatic carboxylic acids is 1. The molecule has 0 radical (unpaired) electrons. The van der Waals surface area contributed by atoms with E-state index >= 15 is 0 Å². The predicted octanol–water partition coefficient (Wildman–Crippen LogP) is 4.15. The minimum atomic E-state index is -0.729. The molecule has 0 saturated carbocycles. The highest BCUT2D eigenvalue weighted by molar-refractivity contribution is 5.76. The van der Waals surface area contributed by atoms with Gasteiger partial charge < -0.3 is 9.84 Å². The van der Waals surface area contributed by atoms with Crippen molar-refractivity contribution in [1.82, 2.24) is 0 Å². The molecule has 1 unspecified atom stereocenters. The Bertz CT molecular complexity index is 361. The van der Waals surface area contributed by atoms with Crippen LogP contribution >= 0.6 is 0 Å². The Labute approximate surface area is 121 Å². The number of carbonyl (C=O) groups is 1. The Balaban J connectivity index is 2.24. The smallest absolute Gasteiger partial charge is 0.303 e. The van der Waals surface area contributed by atoms with Gasteiger partial charge >= 0.3 is 5.97 Å². The molecular weight excluding hydrogens is 254 g/mol. The van der Waals surface area contributed by atoms with E-state index in [1.807, 2.05) is 13.8 Å². The second-order valence-corrected chi connectivity index (χ2v) is 6.16. The first-order valence-corrected chi connectivity index (χ1v) is 7.55. The van der Waals surface area contributed by atoms with Crippen LogP contribution in [0.4, 0.5) is 0 Å². The number of hydrogen-bond donors (Lipinski definition) is 2. The van der Waals surface area contributed by atoms with Crippen molar-refractivity contribution < 1.29 is 14.6 Å². The molecule has 1 aliphatic rings. The molecule has 1 atom stereocenters. The highest BCUT2D eigenvalue weighted by atomic mass is 16.5. The van der Waals surface area contributed by atoms with Gasteiger partial charge in [0.05, 0.1) is 0 Å². The molecule has 1 rings (SSSR count). The summed E-state index contributed by atoms with van der Waals surface area (Å²) in [6.45, 7) is 4.02. The van der Waals surface area contributed by atoms with Crippen LogP contribution in [0.2, 0.25) is 0 Å². The molecule has 0 saturated heterocycles. The molecule has 0 aromatic carbocycles. The number of carboxylic acids is 1. The Kier molecular flexibility index (Phi) is 6.76. The van der Waals surface area contributed by atoms with Gasteiger partial charge in [-0.2, -0.15) is 0 Å². The van der Waals surface area contributed by atoms with E-state index in [9.17, 15) is 4.79 Å². The second-order valence-electron chi connectivity index (χ2n) is 6.16. The van der Waals surface area contributed by atoms with E-state index in [0.717, 1.165) is 44.9 Å². The fourth-order valence-electron chi connectivity index (χ4n) is 2.47. The number of rotatable bonds is 8. The number of nitrogens with one attached hydrogen (secondary N) is 1. The third-order valence-electron chi connectivity index (χ3n) is 3.70. The van der Waals surface area contributed by atoms with Crippen molar-refractivity contribution in [1.29, 1.82) is 5.41 Å². The van der Waals surface area contributed by atoms with Gasteiger partial charge in [-0.05, 0) is 52.4 Å². The van der Waals surface area contributed by atoms with Crippen LogP contribution in [0.5, 0.6) is 0 Å². The monoisotopic (exact) mass is 281 g/mol. The lowest BCUT2D eigenvalue weighted by molar-refractivity contribution is -0.137. The molecular formula is C16H27NO3. The van der Waals surface area contributed by atoms with Crippen LogP contribution in [0.1, 0.15) is 65.2 Å². The van der Waals surface area contributed by atoms with Gasteiger partial charge in [-0.1, -0.05) is 18.6 Å². The molecule has 1 aliphatic carbocycles. The third-order valence-corrected chi connectivity index (χ3v) is 3.70. The molecule has 0 aromatic heterocycles. The number of carboxylic acid groups (broad SMARTS) is 1. The van der Waals surface area contributed by atoms with E-state index in [1.54, 1.807) is 0 Å². The number of unbranched alkanes of at least 4 members (excludes halogenated alkanes) is 2. The Hall–Kier alpha value is -1.32.